The van der Waals surface area contributed by atoms with Crippen molar-refractivity contribution in [3.63, 3.8) is 0 Å². The molecule has 0 aromatic carbocycles. The van der Waals surface area contributed by atoms with E-state index in [1.807, 2.05) is 13.8 Å². The Morgan fingerprint density at radius 3 is 2.31 bits per heavy atom. The zero-order valence-electron chi connectivity index (χ0n) is 9.00. The predicted molar refractivity (Wildman–Crippen MR) is 54.4 cm³/mol. The van der Waals surface area contributed by atoms with Crippen LogP contribution in [0, 0.1) is 0 Å². The SMILES string of the molecule is CC(C)(N)Cc1cocn1.CCC. The quantitative estimate of drug-likeness (QED) is 0.767. The van der Waals surface area contributed by atoms with Crippen molar-refractivity contribution in [1.82, 2.24) is 4.98 Å². The monoisotopic (exact) mass is 184 g/mol. The summed E-state index contributed by atoms with van der Waals surface area (Å²) in [4.78, 5) is 3.95. The molecule has 1 aromatic rings. The molecule has 0 aliphatic rings. The maximum Gasteiger partial charge on any atom is 0.180 e. The van der Waals surface area contributed by atoms with Crippen molar-refractivity contribution in [3.05, 3.63) is 18.4 Å². The standard InChI is InChI=1S/C7H12N2O.C3H8/c1-7(2,8)3-6-4-10-5-9-6;1-3-2/h4-5H,3,8H2,1-2H3;3H2,1-2H3. The maximum absolute atomic E-state index is 5.74. The van der Waals surface area contributed by atoms with E-state index in [1.165, 1.54) is 12.8 Å². The number of nitrogens with two attached hydrogens (primary N) is 1. The molecule has 0 aliphatic carbocycles. The van der Waals surface area contributed by atoms with Gasteiger partial charge in [-0.25, -0.2) is 4.98 Å². The summed E-state index contributed by atoms with van der Waals surface area (Å²) in [6.45, 7) is 8.17. The molecule has 0 fully saturated rings. The number of hydrogen-bond acceptors (Lipinski definition) is 3. The van der Waals surface area contributed by atoms with Crippen LogP contribution < -0.4 is 5.73 Å². The van der Waals surface area contributed by atoms with E-state index in [-0.39, 0.29) is 5.54 Å². The molecular formula is C10H20N2O. The molecule has 1 rings (SSSR count). The van der Waals surface area contributed by atoms with Crippen molar-refractivity contribution in [2.75, 3.05) is 0 Å². The van der Waals surface area contributed by atoms with E-state index in [1.54, 1.807) is 6.26 Å². The van der Waals surface area contributed by atoms with Gasteiger partial charge in [0, 0.05) is 12.0 Å². The van der Waals surface area contributed by atoms with Crippen LogP contribution in [0.3, 0.4) is 0 Å². The highest BCUT2D eigenvalue weighted by Crippen LogP contribution is 2.06. The van der Waals surface area contributed by atoms with E-state index < -0.39 is 0 Å². The van der Waals surface area contributed by atoms with Crippen LogP contribution in [0.25, 0.3) is 0 Å². The fourth-order valence-corrected chi connectivity index (χ4v) is 0.792. The van der Waals surface area contributed by atoms with Crippen LogP contribution in [0.15, 0.2) is 17.1 Å². The van der Waals surface area contributed by atoms with Gasteiger partial charge in [0.1, 0.15) is 6.26 Å². The molecule has 0 saturated carbocycles. The summed E-state index contributed by atoms with van der Waals surface area (Å²) >= 11 is 0. The molecule has 0 spiro atoms. The molecule has 1 aromatic heterocycles. The number of nitrogens with zero attached hydrogens (tertiary/aromatic N) is 1. The average Bonchev–Trinajstić information content (AvgIpc) is 2.37. The lowest BCUT2D eigenvalue weighted by Crippen LogP contribution is -2.34. The minimum absolute atomic E-state index is 0.198. The van der Waals surface area contributed by atoms with E-state index in [9.17, 15) is 0 Å². The highest BCUT2D eigenvalue weighted by Gasteiger charge is 2.12. The number of oxazole rings is 1. The van der Waals surface area contributed by atoms with Gasteiger partial charge in [-0.15, -0.1) is 0 Å². The normalized spacial score (nSPS) is 10.5. The number of rotatable bonds is 2. The Kier molecular flexibility index (Phi) is 5.39. The molecule has 2 N–H and O–H groups in total. The average molecular weight is 184 g/mol. The first kappa shape index (κ1) is 12.2. The molecule has 76 valence electrons. The zero-order valence-corrected chi connectivity index (χ0v) is 9.00. The molecule has 3 nitrogen and oxygen atoms in total. The van der Waals surface area contributed by atoms with Gasteiger partial charge in [0.25, 0.3) is 0 Å². The van der Waals surface area contributed by atoms with Crippen molar-refractivity contribution in [2.45, 2.75) is 46.1 Å². The van der Waals surface area contributed by atoms with Crippen molar-refractivity contribution in [3.8, 4) is 0 Å². The Hall–Kier alpha value is -0.830. The minimum atomic E-state index is -0.198. The second kappa shape index (κ2) is 5.75. The Bertz CT molecular complexity index is 199. The van der Waals surface area contributed by atoms with Gasteiger partial charge in [0.15, 0.2) is 6.39 Å². The first-order valence-electron chi connectivity index (χ1n) is 4.65. The predicted octanol–water partition coefficient (Wildman–Crippen LogP) is 2.37. The molecule has 0 aliphatic heterocycles. The molecule has 0 atom stereocenters. The number of aromatic nitrogens is 1. The minimum Gasteiger partial charge on any atom is -0.451 e. The summed E-state index contributed by atoms with van der Waals surface area (Å²) in [6, 6.07) is 0. The van der Waals surface area contributed by atoms with Gasteiger partial charge in [-0.2, -0.15) is 0 Å². The third-order valence-electron chi connectivity index (χ3n) is 1.12. The van der Waals surface area contributed by atoms with Crippen LogP contribution in [0.5, 0.6) is 0 Å². The lowest BCUT2D eigenvalue weighted by molar-refractivity contribution is 0.505. The highest BCUT2D eigenvalue weighted by atomic mass is 16.3. The molecule has 0 amide bonds. The van der Waals surface area contributed by atoms with Gasteiger partial charge < -0.3 is 10.2 Å². The summed E-state index contributed by atoms with van der Waals surface area (Å²) in [5.41, 5.74) is 6.46. The van der Waals surface area contributed by atoms with Gasteiger partial charge in [-0.05, 0) is 13.8 Å². The molecule has 0 radical (unpaired) electrons. The second-order valence-corrected chi connectivity index (χ2v) is 3.85. The highest BCUT2D eigenvalue weighted by molar-refractivity contribution is 4.97. The fraction of sp³-hybridized carbons (Fsp3) is 0.700. The van der Waals surface area contributed by atoms with Crippen LogP contribution >= 0.6 is 0 Å². The van der Waals surface area contributed by atoms with E-state index in [0.717, 1.165) is 12.1 Å². The molecule has 0 unspecified atom stereocenters. The smallest absolute Gasteiger partial charge is 0.180 e. The Morgan fingerprint density at radius 1 is 1.46 bits per heavy atom. The van der Waals surface area contributed by atoms with E-state index in [2.05, 4.69) is 18.8 Å². The van der Waals surface area contributed by atoms with E-state index in [4.69, 9.17) is 10.2 Å². The van der Waals surface area contributed by atoms with Crippen LogP contribution in [-0.2, 0) is 6.42 Å². The van der Waals surface area contributed by atoms with Crippen LogP contribution in [-0.4, -0.2) is 10.5 Å². The van der Waals surface area contributed by atoms with E-state index >= 15 is 0 Å². The van der Waals surface area contributed by atoms with Crippen LogP contribution in [0.1, 0.15) is 39.8 Å². The first-order chi connectivity index (χ1) is 5.99. The summed E-state index contributed by atoms with van der Waals surface area (Å²) in [6.07, 6.45) is 5.04. The summed E-state index contributed by atoms with van der Waals surface area (Å²) in [7, 11) is 0. The number of hydrogen-bond donors (Lipinski definition) is 1. The van der Waals surface area contributed by atoms with Crippen LogP contribution in [0.4, 0.5) is 0 Å². The Morgan fingerprint density at radius 2 is 2.00 bits per heavy atom. The topological polar surface area (TPSA) is 52.0 Å². The van der Waals surface area contributed by atoms with Gasteiger partial charge in [0.05, 0.1) is 5.69 Å². The third-order valence-corrected chi connectivity index (χ3v) is 1.12. The van der Waals surface area contributed by atoms with E-state index in [0.29, 0.717) is 0 Å². The second-order valence-electron chi connectivity index (χ2n) is 3.85. The van der Waals surface area contributed by atoms with Crippen LogP contribution in [0.2, 0.25) is 0 Å². The Labute approximate surface area is 80.3 Å². The zero-order chi connectivity index (χ0) is 10.3. The molecular weight excluding hydrogens is 164 g/mol. The first-order valence-corrected chi connectivity index (χ1v) is 4.65. The van der Waals surface area contributed by atoms with Gasteiger partial charge >= 0.3 is 0 Å². The molecule has 1 heterocycles. The molecule has 0 saturated heterocycles. The summed E-state index contributed by atoms with van der Waals surface area (Å²) < 4.78 is 4.79. The van der Waals surface area contributed by atoms with Gasteiger partial charge in [0.2, 0.25) is 0 Å². The Balaban J connectivity index is 0.000000424. The maximum atomic E-state index is 5.74. The molecule has 3 heteroatoms. The largest absolute Gasteiger partial charge is 0.451 e. The van der Waals surface area contributed by atoms with Crippen molar-refractivity contribution >= 4 is 0 Å². The summed E-state index contributed by atoms with van der Waals surface area (Å²) in [5.74, 6) is 0. The fourth-order valence-electron chi connectivity index (χ4n) is 0.792. The summed E-state index contributed by atoms with van der Waals surface area (Å²) in [5, 5.41) is 0. The third kappa shape index (κ3) is 7.53. The van der Waals surface area contributed by atoms with Crippen molar-refractivity contribution < 1.29 is 4.42 Å². The lowest BCUT2D eigenvalue weighted by Gasteiger charge is -2.15. The van der Waals surface area contributed by atoms with Crippen molar-refractivity contribution in [2.24, 2.45) is 5.73 Å². The van der Waals surface area contributed by atoms with Crippen molar-refractivity contribution in [1.29, 1.82) is 0 Å². The van der Waals surface area contributed by atoms with Gasteiger partial charge in [-0.1, -0.05) is 20.3 Å². The molecule has 0 bridgehead atoms. The lowest BCUT2D eigenvalue weighted by atomic mass is 10.0. The van der Waals surface area contributed by atoms with Gasteiger partial charge in [-0.3, -0.25) is 0 Å². The molecule has 13 heavy (non-hydrogen) atoms.